The number of aromatic nitrogens is 3. The molecule has 90 valence electrons. The Labute approximate surface area is 100 Å². The number of hydrogen-bond donors (Lipinski definition) is 1. The fourth-order valence-electron chi connectivity index (χ4n) is 1.95. The van der Waals surface area contributed by atoms with Crippen LogP contribution in [-0.2, 0) is 0 Å². The smallest absolute Gasteiger partial charge is 0.260 e. The van der Waals surface area contributed by atoms with Gasteiger partial charge in [0.1, 0.15) is 0 Å². The summed E-state index contributed by atoms with van der Waals surface area (Å²) in [6.45, 7) is 8.43. The van der Waals surface area contributed by atoms with E-state index in [1.54, 1.807) is 0 Å². The number of rotatable bonds is 2. The molecule has 2 heterocycles. The van der Waals surface area contributed by atoms with Gasteiger partial charge in [-0.25, -0.2) is 9.97 Å². The van der Waals surface area contributed by atoms with E-state index in [2.05, 4.69) is 42.6 Å². The molecule has 0 bridgehead atoms. The summed E-state index contributed by atoms with van der Waals surface area (Å²) >= 11 is 0. The van der Waals surface area contributed by atoms with E-state index in [4.69, 9.17) is 0 Å². The molecule has 2 aromatic heterocycles. The van der Waals surface area contributed by atoms with E-state index >= 15 is 0 Å². The standard InChI is InChI=1S/C13H17N3O/c1-7(2)9-5-10-12(14-6-15-13(10)17)16-11(9)8(3)4/h5-8H,1-4H3,(H,14,15,16,17). The number of fused-ring (bicyclic) bond motifs is 1. The Bertz CT molecular complexity index is 599. The van der Waals surface area contributed by atoms with Crippen molar-refractivity contribution in [1.29, 1.82) is 0 Å². The third kappa shape index (κ3) is 2.07. The van der Waals surface area contributed by atoms with Crippen molar-refractivity contribution in [3.63, 3.8) is 0 Å². The van der Waals surface area contributed by atoms with Crippen LogP contribution in [0.5, 0.6) is 0 Å². The predicted octanol–water partition coefficient (Wildman–Crippen LogP) is 2.56. The molecule has 0 aliphatic heterocycles. The lowest BCUT2D eigenvalue weighted by atomic mass is 9.94. The van der Waals surface area contributed by atoms with Gasteiger partial charge >= 0.3 is 0 Å². The molecule has 0 atom stereocenters. The number of hydrogen-bond acceptors (Lipinski definition) is 3. The van der Waals surface area contributed by atoms with Gasteiger partial charge in [-0.2, -0.15) is 0 Å². The minimum atomic E-state index is -0.125. The Morgan fingerprint density at radius 2 is 1.88 bits per heavy atom. The molecule has 2 rings (SSSR count). The SMILES string of the molecule is CC(C)c1cc2c(=O)[nH]cnc2nc1C(C)C. The summed E-state index contributed by atoms with van der Waals surface area (Å²) in [5.41, 5.74) is 2.57. The lowest BCUT2D eigenvalue weighted by Crippen LogP contribution is -2.11. The zero-order valence-corrected chi connectivity index (χ0v) is 10.6. The van der Waals surface area contributed by atoms with Gasteiger partial charge in [-0.15, -0.1) is 0 Å². The highest BCUT2D eigenvalue weighted by Crippen LogP contribution is 2.26. The third-order valence-electron chi connectivity index (χ3n) is 2.86. The number of nitrogens with zero attached hydrogens (tertiary/aromatic N) is 2. The van der Waals surface area contributed by atoms with E-state index in [0.717, 1.165) is 11.3 Å². The van der Waals surface area contributed by atoms with Crippen LogP contribution in [0.3, 0.4) is 0 Å². The molecule has 4 nitrogen and oxygen atoms in total. The molecule has 0 fully saturated rings. The van der Waals surface area contributed by atoms with Crippen molar-refractivity contribution in [2.45, 2.75) is 39.5 Å². The van der Waals surface area contributed by atoms with E-state index in [9.17, 15) is 4.79 Å². The number of aromatic amines is 1. The van der Waals surface area contributed by atoms with Gasteiger partial charge in [-0.05, 0) is 23.5 Å². The van der Waals surface area contributed by atoms with Crippen molar-refractivity contribution in [1.82, 2.24) is 15.0 Å². The monoisotopic (exact) mass is 231 g/mol. The van der Waals surface area contributed by atoms with Crippen molar-refractivity contribution in [2.75, 3.05) is 0 Å². The highest BCUT2D eigenvalue weighted by molar-refractivity contribution is 5.74. The maximum absolute atomic E-state index is 11.7. The summed E-state index contributed by atoms with van der Waals surface area (Å²) in [7, 11) is 0. The first-order valence-electron chi connectivity index (χ1n) is 5.89. The van der Waals surface area contributed by atoms with Crippen molar-refractivity contribution in [2.24, 2.45) is 0 Å². The molecule has 0 amide bonds. The quantitative estimate of drug-likeness (QED) is 0.864. The average molecular weight is 231 g/mol. The topological polar surface area (TPSA) is 58.6 Å². The summed E-state index contributed by atoms with van der Waals surface area (Å²) in [6, 6.07) is 1.92. The first-order chi connectivity index (χ1) is 8.00. The summed E-state index contributed by atoms with van der Waals surface area (Å²) in [6.07, 6.45) is 1.40. The minimum absolute atomic E-state index is 0.125. The lowest BCUT2D eigenvalue weighted by molar-refractivity contribution is 0.762. The molecular weight excluding hydrogens is 214 g/mol. The Hall–Kier alpha value is -1.71. The molecule has 4 heteroatoms. The number of nitrogens with one attached hydrogen (secondary N) is 1. The van der Waals surface area contributed by atoms with E-state index < -0.39 is 0 Å². The fourth-order valence-corrected chi connectivity index (χ4v) is 1.95. The zero-order valence-electron chi connectivity index (χ0n) is 10.6. The van der Waals surface area contributed by atoms with Gasteiger partial charge in [-0.1, -0.05) is 27.7 Å². The summed E-state index contributed by atoms with van der Waals surface area (Å²) in [5.74, 6) is 0.682. The average Bonchev–Trinajstić information content (AvgIpc) is 2.27. The van der Waals surface area contributed by atoms with Crippen LogP contribution in [0.2, 0.25) is 0 Å². The molecule has 0 unspecified atom stereocenters. The first-order valence-corrected chi connectivity index (χ1v) is 5.89. The van der Waals surface area contributed by atoms with Crippen LogP contribution in [0.1, 0.15) is 50.8 Å². The molecule has 0 radical (unpaired) electrons. The fraction of sp³-hybridized carbons (Fsp3) is 0.462. The molecule has 0 aliphatic carbocycles. The van der Waals surface area contributed by atoms with Gasteiger partial charge in [-0.3, -0.25) is 4.79 Å². The summed E-state index contributed by atoms with van der Waals surface area (Å²) < 4.78 is 0. The van der Waals surface area contributed by atoms with Crippen LogP contribution < -0.4 is 5.56 Å². The maximum atomic E-state index is 11.7. The Morgan fingerprint density at radius 1 is 1.18 bits per heavy atom. The molecule has 0 saturated carbocycles. The van der Waals surface area contributed by atoms with E-state index in [1.165, 1.54) is 6.33 Å². The predicted molar refractivity (Wildman–Crippen MR) is 68.3 cm³/mol. The van der Waals surface area contributed by atoms with Gasteiger partial charge in [0.15, 0.2) is 5.65 Å². The largest absolute Gasteiger partial charge is 0.313 e. The lowest BCUT2D eigenvalue weighted by Gasteiger charge is -2.15. The minimum Gasteiger partial charge on any atom is -0.313 e. The summed E-state index contributed by atoms with van der Waals surface area (Å²) in [5, 5.41) is 0.570. The molecule has 2 aromatic rings. The molecule has 0 aliphatic rings. The van der Waals surface area contributed by atoms with Crippen molar-refractivity contribution >= 4 is 11.0 Å². The van der Waals surface area contributed by atoms with Crippen LogP contribution in [0.15, 0.2) is 17.2 Å². The van der Waals surface area contributed by atoms with Gasteiger partial charge in [0, 0.05) is 5.69 Å². The van der Waals surface area contributed by atoms with E-state index in [0.29, 0.717) is 22.9 Å². The van der Waals surface area contributed by atoms with Crippen molar-refractivity contribution in [3.8, 4) is 0 Å². The third-order valence-corrected chi connectivity index (χ3v) is 2.86. The van der Waals surface area contributed by atoms with Crippen LogP contribution >= 0.6 is 0 Å². The second-order valence-electron chi connectivity index (χ2n) is 4.88. The van der Waals surface area contributed by atoms with Crippen LogP contribution in [-0.4, -0.2) is 15.0 Å². The van der Waals surface area contributed by atoms with Crippen LogP contribution in [0.4, 0.5) is 0 Å². The molecule has 0 saturated heterocycles. The normalized spacial score (nSPS) is 11.6. The van der Waals surface area contributed by atoms with E-state index in [-0.39, 0.29) is 5.56 Å². The Kier molecular flexibility index (Phi) is 2.96. The van der Waals surface area contributed by atoms with Gasteiger partial charge < -0.3 is 4.98 Å². The summed E-state index contributed by atoms with van der Waals surface area (Å²) in [4.78, 5) is 22.9. The number of H-pyrrole nitrogens is 1. The van der Waals surface area contributed by atoms with Crippen molar-refractivity contribution < 1.29 is 0 Å². The molecule has 0 spiro atoms. The van der Waals surface area contributed by atoms with Gasteiger partial charge in [0.2, 0.25) is 0 Å². The second kappa shape index (κ2) is 4.28. The molecule has 1 N–H and O–H groups in total. The number of pyridine rings is 1. The zero-order chi connectivity index (χ0) is 12.6. The first kappa shape index (κ1) is 11.8. The molecular formula is C13H17N3O. The van der Waals surface area contributed by atoms with Crippen molar-refractivity contribution in [3.05, 3.63) is 34.0 Å². The van der Waals surface area contributed by atoms with Gasteiger partial charge in [0.25, 0.3) is 5.56 Å². The molecule has 0 aromatic carbocycles. The van der Waals surface area contributed by atoms with Gasteiger partial charge in [0.05, 0.1) is 11.7 Å². The molecule has 17 heavy (non-hydrogen) atoms. The maximum Gasteiger partial charge on any atom is 0.260 e. The van der Waals surface area contributed by atoms with Crippen LogP contribution in [0.25, 0.3) is 11.0 Å². The van der Waals surface area contributed by atoms with Crippen LogP contribution in [0, 0.1) is 0 Å². The second-order valence-corrected chi connectivity index (χ2v) is 4.88. The van der Waals surface area contributed by atoms with E-state index in [1.807, 2.05) is 6.07 Å². The highest BCUT2D eigenvalue weighted by Gasteiger charge is 2.14. The Balaban J connectivity index is 2.82. The Morgan fingerprint density at radius 3 is 2.47 bits per heavy atom. The highest BCUT2D eigenvalue weighted by atomic mass is 16.1.